The molecule has 0 aliphatic carbocycles. The summed E-state index contributed by atoms with van der Waals surface area (Å²) in [5.41, 5.74) is 2.54. The fraction of sp³-hybridized carbons (Fsp3) is 0.190. The molecule has 1 aliphatic heterocycles. The molecule has 2 heterocycles. The first kappa shape index (κ1) is 13.6. The highest BCUT2D eigenvalue weighted by atomic mass is 16.5. The van der Waals surface area contributed by atoms with Crippen LogP contribution in [0.3, 0.4) is 0 Å². The summed E-state index contributed by atoms with van der Waals surface area (Å²) in [6, 6.07) is 21.9. The van der Waals surface area contributed by atoms with Gasteiger partial charge in [-0.1, -0.05) is 48.5 Å². The second-order valence-electron chi connectivity index (χ2n) is 6.42. The smallest absolute Gasteiger partial charge is 0.180 e. The zero-order chi connectivity index (χ0) is 16.1. The van der Waals surface area contributed by atoms with Crippen LogP contribution in [0.25, 0.3) is 32.6 Å². The second kappa shape index (κ2) is 5.10. The highest BCUT2D eigenvalue weighted by molar-refractivity contribution is 6.20. The van der Waals surface area contributed by atoms with E-state index in [1.54, 1.807) is 0 Å². The van der Waals surface area contributed by atoms with E-state index in [9.17, 15) is 0 Å². The number of benzene rings is 3. The van der Waals surface area contributed by atoms with Gasteiger partial charge >= 0.3 is 0 Å². The number of nitrogens with zero attached hydrogens (tertiary/aromatic N) is 2. The summed E-state index contributed by atoms with van der Waals surface area (Å²) in [5, 5.41) is 5.24. The van der Waals surface area contributed by atoms with Gasteiger partial charge in [-0.05, 0) is 22.9 Å². The summed E-state index contributed by atoms with van der Waals surface area (Å²) in [6.07, 6.45) is 0. The molecule has 3 nitrogen and oxygen atoms in total. The van der Waals surface area contributed by atoms with Crippen molar-refractivity contribution in [3.05, 3.63) is 60.7 Å². The standard InChI is InChI=1S/C21H18N2O/c1-14-22-16(13-24-14)12-23-19-9-5-4-8-18(19)21-17-7-3-2-6-15(17)10-11-20(21)23/h2-11,16H,12-13H2,1H3. The number of ether oxygens (including phenoxy) is 1. The molecule has 1 unspecified atom stereocenters. The van der Waals surface area contributed by atoms with E-state index in [0.717, 1.165) is 12.4 Å². The van der Waals surface area contributed by atoms with Crippen LogP contribution in [0.15, 0.2) is 65.7 Å². The number of rotatable bonds is 2. The minimum atomic E-state index is 0.190. The van der Waals surface area contributed by atoms with Gasteiger partial charge in [-0.2, -0.15) is 0 Å². The lowest BCUT2D eigenvalue weighted by molar-refractivity contribution is 0.305. The number of aromatic nitrogens is 1. The highest BCUT2D eigenvalue weighted by Crippen LogP contribution is 2.35. The minimum absolute atomic E-state index is 0.190. The van der Waals surface area contributed by atoms with Gasteiger partial charge in [0, 0.05) is 35.3 Å². The Morgan fingerprint density at radius 2 is 1.75 bits per heavy atom. The molecule has 1 aliphatic rings. The van der Waals surface area contributed by atoms with E-state index in [2.05, 4.69) is 70.2 Å². The molecule has 3 heteroatoms. The van der Waals surface area contributed by atoms with Crippen molar-refractivity contribution in [3.8, 4) is 0 Å². The zero-order valence-electron chi connectivity index (χ0n) is 13.6. The first-order valence-corrected chi connectivity index (χ1v) is 8.37. The first-order valence-electron chi connectivity index (χ1n) is 8.37. The summed E-state index contributed by atoms with van der Waals surface area (Å²) < 4.78 is 7.94. The van der Waals surface area contributed by atoms with Crippen molar-refractivity contribution in [2.75, 3.05) is 6.61 Å². The number of hydrogen-bond acceptors (Lipinski definition) is 2. The van der Waals surface area contributed by atoms with Crippen LogP contribution >= 0.6 is 0 Å². The van der Waals surface area contributed by atoms with Gasteiger partial charge in [-0.25, -0.2) is 4.99 Å². The molecule has 1 atom stereocenters. The van der Waals surface area contributed by atoms with Crippen molar-refractivity contribution in [2.45, 2.75) is 19.5 Å². The molecule has 4 aromatic rings. The van der Waals surface area contributed by atoms with Crippen molar-refractivity contribution < 1.29 is 4.74 Å². The van der Waals surface area contributed by atoms with Gasteiger partial charge in [-0.3, -0.25) is 0 Å². The van der Waals surface area contributed by atoms with Gasteiger partial charge in [0.2, 0.25) is 0 Å². The van der Waals surface area contributed by atoms with Gasteiger partial charge in [0.15, 0.2) is 5.90 Å². The Morgan fingerprint density at radius 1 is 0.958 bits per heavy atom. The van der Waals surface area contributed by atoms with E-state index in [1.807, 2.05) is 6.92 Å². The number of fused-ring (bicyclic) bond motifs is 5. The van der Waals surface area contributed by atoms with Crippen molar-refractivity contribution in [1.29, 1.82) is 0 Å². The Balaban J connectivity index is 1.83. The molecule has 0 bridgehead atoms. The van der Waals surface area contributed by atoms with Crippen molar-refractivity contribution in [1.82, 2.24) is 4.57 Å². The number of aliphatic imine (C=N–C) groups is 1. The van der Waals surface area contributed by atoms with Crippen molar-refractivity contribution in [2.24, 2.45) is 4.99 Å². The van der Waals surface area contributed by atoms with Gasteiger partial charge in [0.05, 0.1) is 0 Å². The maximum Gasteiger partial charge on any atom is 0.180 e. The largest absolute Gasteiger partial charge is 0.479 e. The van der Waals surface area contributed by atoms with Crippen LogP contribution in [0.1, 0.15) is 6.92 Å². The minimum Gasteiger partial charge on any atom is -0.479 e. The lowest BCUT2D eigenvalue weighted by Gasteiger charge is -2.10. The first-order chi connectivity index (χ1) is 11.8. The molecule has 0 fully saturated rings. The topological polar surface area (TPSA) is 26.5 Å². The SMILES string of the molecule is CC1=NC(Cn2c3ccccc3c3c4ccccc4ccc32)CO1. The Labute approximate surface area is 140 Å². The van der Waals surface area contributed by atoms with E-state index < -0.39 is 0 Å². The fourth-order valence-electron chi connectivity index (χ4n) is 3.87. The fourth-order valence-corrected chi connectivity index (χ4v) is 3.87. The van der Waals surface area contributed by atoms with Crippen molar-refractivity contribution >= 4 is 38.5 Å². The van der Waals surface area contributed by atoms with Crippen LogP contribution < -0.4 is 0 Å². The average molecular weight is 314 g/mol. The van der Waals surface area contributed by atoms with Crippen LogP contribution in [-0.4, -0.2) is 23.1 Å². The van der Waals surface area contributed by atoms with E-state index in [4.69, 9.17) is 4.74 Å². The average Bonchev–Trinajstić information content (AvgIpc) is 3.17. The Hall–Kier alpha value is -2.81. The number of para-hydroxylation sites is 1. The Kier molecular flexibility index (Phi) is 2.89. The molecule has 118 valence electrons. The van der Waals surface area contributed by atoms with Gasteiger partial charge < -0.3 is 9.30 Å². The zero-order valence-corrected chi connectivity index (χ0v) is 13.6. The third kappa shape index (κ3) is 1.94. The van der Waals surface area contributed by atoms with Crippen LogP contribution in [0.2, 0.25) is 0 Å². The third-order valence-corrected chi connectivity index (χ3v) is 4.90. The molecule has 0 saturated heterocycles. The summed E-state index contributed by atoms with van der Waals surface area (Å²) in [7, 11) is 0. The van der Waals surface area contributed by atoms with Crippen LogP contribution in [0.5, 0.6) is 0 Å². The summed E-state index contributed by atoms with van der Waals surface area (Å²) in [5.74, 6) is 0.797. The van der Waals surface area contributed by atoms with E-state index in [1.165, 1.54) is 32.6 Å². The predicted molar refractivity (Wildman–Crippen MR) is 99.8 cm³/mol. The van der Waals surface area contributed by atoms with E-state index >= 15 is 0 Å². The highest BCUT2D eigenvalue weighted by Gasteiger charge is 2.20. The van der Waals surface area contributed by atoms with E-state index in [0.29, 0.717) is 6.61 Å². The van der Waals surface area contributed by atoms with Crippen LogP contribution in [0, 0.1) is 0 Å². The second-order valence-corrected chi connectivity index (χ2v) is 6.42. The molecule has 0 saturated carbocycles. The summed E-state index contributed by atoms with van der Waals surface area (Å²) in [6.45, 7) is 3.45. The Morgan fingerprint density at radius 3 is 2.58 bits per heavy atom. The predicted octanol–water partition coefficient (Wildman–Crippen LogP) is 4.76. The lowest BCUT2D eigenvalue weighted by Crippen LogP contribution is -2.15. The molecule has 24 heavy (non-hydrogen) atoms. The number of hydrogen-bond donors (Lipinski definition) is 0. The summed E-state index contributed by atoms with van der Waals surface area (Å²) >= 11 is 0. The molecule has 0 radical (unpaired) electrons. The van der Waals surface area contributed by atoms with Gasteiger partial charge in [0.1, 0.15) is 12.6 Å². The lowest BCUT2D eigenvalue weighted by atomic mass is 10.0. The molecular weight excluding hydrogens is 296 g/mol. The van der Waals surface area contributed by atoms with E-state index in [-0.39, 0.29) is 6.04 Å². The molecular formula is C21H18N2O. The summed E-state index contributed by atoms with van der Waals surface area (Å²) in [4.78, 5) is 4.61. The third-order valence-electron chi connectivity index (χ3n) is 4.90. The van der Waals surface area contributed by atoms with Crippen molar-refractivity contribution in [3.63, 3.8) is 0 Å². The maximum atomic E-state index is 5.55. The molecule has 3 aromatic carbocycles. The molecule has 0 N–H and O–H groups in total. The van der Waals surface area contributed by atoms with Gasteiger partial charge in [0.25, 0.3) is 0 Å². The molecule has 1 aromatic heterocycles. The normalized spacial score (nSPS) is 17.5. The molecule has 0 amide bonds. The molecule has 5 rings (SSSR count). The monoisotopic (exact) mass is 314 g/mol. The maximum absolute atomic E-state index is 5.55. The van der Waals surface area contributed by atoms with Gasteiger partial charge in [-0.15, -0.1) is 0 Å². The van der Waals surface area contributed by atoms with Crippen LogP contribution in [-0.2, 0) is 11.3 Å². The quantitative estimate of drug-likeness (QED) is 0.524. The molecule has 0 spiro atoms. The van der Waals surface area contributed by atoms with Crippen LogP contribution in [0.4, 0.5) is 0 Å². The Bertz CT molecular complexity index is 1110.